The Balaban J connectivity index is 1.34. The van der Waals surface area contributed by atoms with E-state index in [4.69, 9.17) is 9.84 Å². The van der Waals surface area contributed by atoms with Crippen LogP contribution < -0.4 is 0 Å². The summed E-state index contributed by atoms with van der Waals surface area (Å²) in [6.07, 6.45) is 5.10. The van der Waals surface area contributed by atoms with Gasteiger partial charge in [-0.2, -0.15) is 5.10 Å². The number of benzene rings is 2. The summed E-state index contributed by atoms with van der Waals surface area (Å²) in [7, 11) is 0. The van der Waals surface area contributed by atoms with Crippen LogP contribution in [-0.4, -0.2) is 51.1 Å². The molecule has 2 aliphatic rings. The minimum Gasteiger partial charge on any atom is -0.508 e. The second-order valence-corrected chi connectivity index (χ2v) is 8.47. The van der Waals surface area contributed by atoms with Crippen LogP contribution in [0.5, 0.6) is 5.75 Å². The molecular formula is C25H29N3O2. The van der Waals surface area contributed by atoms with Crippen molar-refractivity contribution in [3.63, 3.8) is 0 Å². The zero-order valence-electron chi connectivity index (χ0n) is 17.4. The van der Waals surface area contributed by atoms with Gasteiger partial charge in [0.25, 0.3) is 0 Å². The molecule has 156 valence electrons. The second kappa shape index (κ2) is 8.25. The molecule has 1 aromatic heterocycles. The molecule has 30 heavy (non-hydrogen) atoms. The van der Waals surface area contributed by atoms with Gasteiger partial charge in [0.2, 0.25) is 0 Å². The minimum absolute atomic E-state index is 0.0914. The highest BCUT2D eigenvalue weighted by Gasteiger charge is 2.40. The van der Waals surface area contributed by atoms with Crippen molar-refractivity contribution in [2.45, 2.75) is 51.0 Å². The predicted octanol–water partition coefficient (Wildman–Crippen LogP) is 3.90. The summed E-state index contributed by atoms with van der Waals surface area (Å²) >= 11 is 0. The highest BCUT2D eigenvalue weighted by atomic mass is 16.5. The fraction of sp³-hybridized carbons (Fsp3) is 0.400. The normalized spacial score (nSPS) is 23.7. The standard InChI is InChI=1S/C25H29N3O2/c1-2-12-27-16-20(17-28-13-11-22(26-28)18-7-4-3-5-8-18)30-25-15-21-19(14-23(25)27)9-6-10-24(21)29/h3-11,13,20,23,25,29H,2,12,14-17H2,1H3/t20-,23-,25-/m1/s1. The van der Waals surface area contributed by atoms with Gasteiger partial charge in [-0.1, -0.05) is 49.4 Å². The molecule has 5 rings (SSSR count). The fourth-order valence-corrected chi connectivity index (χ4v) is 5.01. The van der Waals surface area contributed by atoms with Gasteiger partial charge in [0, 0.05) is 30.8 Å². The number of fused-ring (bicyclic) bond motifs is 2. The number of ether oxygens (including phenoxy) is 1. The maximum Gasteiger partial charge on any atom is 0.119 e. The first-order chi connectivity index (χ1) is 14.7. The van der Waals surface area contributed by atoms with Crippen LogP contribution in [0.1, 0.15) is 24.5 Å². The highest BCUT2D eigenvalue weighted by Crippen LogP contribution is 2.35. The molecule has 5 heteroatoms. The summed E-state index contributed by atoms with van der Waals surface area (Å²) < 4.78 is 8.59. The summed E-state index contributed by atoms with van der Waals surface area (Å²) in [6.45, 7) is 4.97. The quantitative estimate of drug-likeness (QED) is 0.702. The number of rotatable bonds is 5. The minimum atomic E-state index is 0.0914. The van der Waals surface area contributed by atoms with Crippen molar-refractivity contribution < 1.29 is 9.84 Å². The van der Waals surface area contributed by atoms with E-state index in [2.05, 4.69) is 36.1 Å². The molecule has 5 nitrogen and oxygen atoms in total. The van der Waals surface area contributed by atoms with E-state index in [0.717, 1.165) is 55.7 Å². The number of phenolic OH excluding ortho intramolecular Hbond substituents is 1. The molecule has 1 aliphatic carbocycles. The fourth-order valence-electron chi connectivity index (χ4n) is 5.01. The van der Waals surface area contributed by atoms with Crippen molar-refractivity contribution in [1.82, 2.24) is 14.7 Å². The van der Waals surface area contributed by atoms with E-state index in [-0.39, 0.29) is 12.2 Å². The van der Waals surface area contributed by atoms with Crippen molar-refractivity contribution >= 4 is 0 Å². The first-order valence-electron chi connectivity index (χ1n) is 11.0. The number of phenols is 1. The summed E-state index contributed by atoms with van der Waals surface area (Å²) in [4.78, 5) is 2.59. The Morgan fingerprint density at radius 1 is 1.07 bits per heavy atom. The Labute approximate surface area is 177 Å². The molecule has 0 spiro atoms. The third-order valence-electron chi connectivity index (χ3n) is 6.40. The Hall–Kier alpha value is -2.63. The van der Waals surface area contributed by atoms with E-state index in [0.29, 0.717) is 11.8 Å². The molecule has 2 aromatic carbocycles. The van der Waals surface area contributed by atoms with Crippen molar-refractivity contribution in [2.75, 3.05) is 13.1 Å². The molecule has 0 amide bonds. The van der Waals surface area contributed by atoms with Gasteiger partial charge in [-0.25, -0.2) is 0 Å². The number of hydrogen-bond donors (Lipinski definition) is 1. The average Bonchev–Trinajstić information content (AvgIpc) is 3.23. The molecular weight excluding hydrogens is 374 g/mol. The van der Waals surface area contributed by atoms with Crippen LogP contribution in [0.25, 0.3) is 11.3 Å². The van der Waals surface area contributed by atoms with Crippen LogP contribution in [0.3, 0.4) is 0 Å². The van der Waals surface area contributed by atoms with Gasteiger partial charge in [-0.15, -0.1) is 0 Å². The van der Waals surface area contributed by atoms with E-state index in [9.17, 15) is 5.11 Å². The summed E-state index contributed by atoms with van der Waals surface area (Å²) in [6, 6.07) is 18.6. The van der Waals surface area contributed by atoms with Crippen molar-refractivity contribution in [3.8, 4) is 17.0 Å². The van der Waals surface area contributed by atoms with Gasteiger partial charge in [0.1, 0.15) is 5.75 Å². The lowest BCUT2D eigenvalue weighted by atomic mass is 9.83. The van der Waals surface area contributed by atoms with Gasteiger partial charge >= 0.3 is 0 Å². The topological polar surface area (TPSA) is 50.5 Å². The number of aromatic nitrogens is 2. The monoisotopic (exact) mass is 403 g/mol. The molecule has 0 unspecified atom stereocenters. The molecule has 0 bridgehead atoms. The van der Waals surface area contributed by atoms with Crippen molar-refractivity contribution in [1.29, 1.82) is 0 Å². The van der Waals surface area contributed by atoms with Crippen LogP contribution in [0.15, 0.2) is 60.8 Å². The smallest absolute Gasteiger partial charge is 0.119 e. The van der Waals surface area contributed by atoms with Crippen LogP contribution in [-0.2, 0) is 24.1 Å². The number of hydrogen-bond acceptors (Lipinski definition) is 4. The zero-order valence-corrected chi connectivity index (χ0v) is 17.4. The third-order valence-corrected chi connectivity index (χ3v) is 6.40. The lowest BCUT2D eigenvalue weighted by molar-refractivity contribution is -0.128. The van der Waals surface area contributed by atoms with Gasteiger partial charge in [0.15, 0.2) is 0 Å². The lowest BCUT2D eigenvalue weighted by Gasteiger charge is -2.47. The lowest BCUT2D eigenvalue weighted by Crippen LogP contribution is -2.58. The van der Waals surface area contributed by atoms with Crippen molar-refractivity contribution in [3.05, 3.63) is 71.9 Å². The molecule has 1 aliphatic heterocycles. The third kappa shape index (κ3) is 3.75. The first kappa shape index (κ1) is 19.3. The first-order valence-corrected chi connectivity index (χ1v) is 11.0. The molecule has 3 aromatic rings. The molecule has 3 atom stereocenters. The molecule has 1 saturated heterocycles. The van der Waals surface area contributed by atoms with Gasteiger partial charge in [-0.3, -0.25) is 9.58 Å². The Kier molecular flexibility index (Phi) is 5.32. The predicted molar refractivity (Wildman–Crippen MR) is 117 cm³/mol. The van der Waals surface area contributed by atoms with Gasteiger partial charge in [-0.05, 0) is 42.6 Å². The molecule has 1 N–H and O–H groups in total. The van der Waals surface area contributed by atoms with Crippen LogP contribution >= 0.6 is 0 Å². The maximum absolute atomic E-state index is 10.3. The second-order valence-electron chi connectivity index (χ2n) is 8.47. The van der Waals surface area contributed by atoms with Crippen molar-refractivity contribution in [2.24, 2.45) is 0 Å². The average molecular weight is 404 g/mol. The molecule has 0 radical (unpaired) electrons. The Bertz CT molecular complexity index is 1000. The Morgan fingerprint density at radius 3 is 2.77 bits per heavy atom. The zero-order chi connectivity index (χ0) is 20.5. The van der Waals surface area contributed by atoms with Crippen LogP contribution in [0.4, 0.5) is 0 Å². The number of morpholine rings is 1. The number of aromatic hydroxyl groups is 1. The van der Waals surface area contributed by atoms with E-state index in [1.807, 2.05) is 35.1 Å². The summed E-state index contributed by atoms with van der Waals surface area (Å²) in [5.74, 6) is 0.401. The molecule has 0 saturated carbocycles. The SMILES string of the molecule is CCCN1C[C@H](Cn2ccc(-c3ccccc3)n2)O[C@@H]2Cc3c(O)cccc3C[C@H]21. The van der Waals surface area contributed by atoms with Crippen LogP contribution in [0.2, 0.25) is 0 Å². The summed E-state index contributed by atoms with van der Waals surface area (Å²) in [5.41, 5.74) is 4.44. The molecule has 2 heterocycles. The van der Waals surface area contributed by atoms with Crippen LogP contribution in [0, 0.1) is 0 Å². The largest absolute Gasteiger partial charge is 0.508 e. The summed E-state index contributed by atoms with van der Waals surface area (Å²) in [5, 5.41) is 15.1. The maximum atomic E-state index is 10.3. The molecule has 1 fully saturated rings. The van der Waals surface area contributed by atoms with E-state index in [1.165, 1.54) is 5.56 Å². The van der Waals surface area contributed by atoms with Gasteiger partial charge in [0.05, 0.1) is 24.4 Å². The van der Waals surface area contributed by atoms with E-state index >= 15 is 0 Å². The number of nitrogens with zero attached hydrogens (tertiary/aromatic N) is 3. The van der Waals surface area contributed by atoms with E-state index < -0.39 is 0 Å². The van der Waals surface area contributed by atoms with E-state index in [1.54, 1.807) is 6.07 Å². The van der Waals surface area contributed by atoms with Gasteiger partial charge < -0.3 is 9.84 Å². The Morgan fingerprint density at radius 2 is 1.93 bits per heavy atom. The highest BCUT2D eigenvalue weighted by molar-refractivity contribution is 5.58.